The Labute approximate surface area is 117 Å². The van der Waals surface area contributed by atoms with Crippen LogP contribution in [0, 0.1) is 0 Å². The van der Waals surface area contributed by atoms with Crippen LogP contribution in [0.2, 0.25) is 0 Å². The molecule has 1 aromatic carbocycles. The normalized spacial score (nSPS) is 10.7. The first-order chi connectivity index (χ1) is 8.88. The number of nitrogens with one attached hydrogen (secondary N) is 1. The minimum absolute atomic E-state index is 0.963. The van der Waals surface area contributed by atoms with Gasteiger partial charge in [-0.3, -0.25) is 0 Å². The van der Waals surface area contributed by atoms with Crippen LogP contribution in [0.5, 0.6) is 0 Å². The minimum Gasteiger partial charge on any atom is -0.313 e. The smallest absolute Gasteiger partial charge is 0.103 e. The van der Waals surface area contributed by atoms with Gasteiger partial charge in [-0.1, -0.05) is 19.1 Å². The molecule has 1 heterocycles. The number of nitrogens with zero attached hydrogens (tertiary/aromatic N) is 1. The summed E-state index contributed by atoms with van der Waals surface area (Å²) in [4.78, 5) is 5.60. The molecule has 2 aromatic rings. The number of benzene rings is 1. The Bertz CT molecular complexity index is 437. The largest absolute Gasteiger partial charge is 0.313 e. The zero-order valence-electron chi connectivity index (χ0n) is 10.6. The first kappa shape index (κ1) is 13.6. The first-order valence-corrected chi connectivity index (χ1v) is 8.06. The lowest BCUT2D eigenvalue weighted by Gasteiger charge is -2.04. The Hall–Kier alpha value is -0.840. The van der Waals surface area contributed by atoms with Gasteiger partial charge in [-0.15, -0.1) is 23.1 Å². The van der Waals surface area contributed by atoms with E-state index in [-0.39, 0.29) is 0 Å². The van der Waals surface area contributed by atoms with Crippen molar-refractivity contribution >= 4 is 23.1 Å². The van der Waals surface area contributed by atoms with Gasteiger partial charge in [-0.25, -0.2) is 4.98 Å². The fraction of sp³-hybridized carbons (Fsp3) is 0.357. The summed E-state index contributed by atoms with van der Waals surface area (Å²) < 4.78 is 0. The summed E-state index contributed by atoms with van der Waals surface area (Å²) in [6, 6.07) is 8.79. The van der Waals surface area contributed by atoms with E-state index in [9.17, 15) is 0 Å². The number of thiazole rings is 1. The lowest BCUT2D eigenvalue weighted by atomic mass is 10.2. The fourth-order valence-corrected chi connectivity index (χ4v) is 3.13. The van der Waals surface area contributed by atoms with E-state index in [1.165, 1.54) is 21.9 Å². The van der Waals surface area contributed by atoms with Crippen molar-refractivity contribution < 1.29 is 0 Å². The van der Waals surface area contributed by atoms with Crippen LogP contribution >= 0.6 is 23.1 Å². The highest BCUT2D eigenvalue weighted by atomic mass is 32.2. The van der Waals surface area contributed by atoms with Crippen molar-refractivity contribution in [2.24, 2.45) is 0 Å². The standard InChI is InChI=1S/C14H18N2S2/c1-2-7-15-10-12-3-5-13(6-4-12)18-11-14-16-8-9-17-14/h3-6,8-9,15H,2,7,10-11H2,1H3. The third-order valence-corrected chi connectivity index (χ3v) is 4.51. The second-order valence-corrected chi connectivity index (χ2v) is 6.06. The zero-order chi connectivity index (χ0) is 12.6. The van der Waals surface area contributed by atoms with Gasteiger partial charge in [0.1, 0.15) is 5.01 Å². The molecule has 0 aliphatic heterocycles. The van der Waals surface area contributed by atoms with E-state index in [1.807, 2.05) is 23.3 Å². The summed E-state index contributed by atoms with van der Waals surface area (Å²) in [7, 11) is 0. The third kappa shape index (κ3) is 4.44. The Morgan fingerprint density at radius 1 is 1.28 bits per heavy atom. The van der Waals surface area contributed by atoms with Crippen LogP contribution in [-0.4, -0.2) is 11.5 Å². The molecular formula is C14H18N2S2. The summed E-state index contributed by atoms with van der Waals surface area (Å²) in [6.07, 6.45) is 3.05. The molecule has 0 saturated heterocycles. The molecule has 0 amide bonds. The van der Waals surface area contributed by atoms with Gasteiger partial charge in [0.2, 0.25) is 0 Å². The summed E-state index contributed by atoms with van der Waals surface area (Å²) in [5.74, 6) is 0.963. The molecule has 0 bridgehead atoms. The molecule has 0 fully saturated rings. The van der Waals surface area contributed by atoms with Crippen molar-refractivity contribution in [2.75, 3.05) is 6.54 Å². The molecule has 1 aromatic heterocycles. The summed E-state index contributed by atoms with van der Waals surface area (Å²) >= 11 is 3.56. The zero-order valence-corrected chi connectivity index (χ0v) is 12.2. The lowest BCUT2D eigenvalue weighted by molar-refractivity contribution is 0.675. The molecule has 0 aliphatic carbocycles. The minimum atomic E-state index is 0.963. The molecule has 0 saturated carbocycles. The fourth-order valence-electron chi connectivity index (χ4n) is 1.58. The van der Waals surface area contributed by atoms with E-state index in [4.69, 9.17) is 0 Å². The van der Waals surface area contributed by atoms with E-state index < -0.39 is 0 Å². The lowest BCUT2D eigenvalue weighted by Crippen LogP contribution is -2.13. The van der Waals surface area contributed by atoms with Crippen LogP contribution < -0.4 is 5.32 Å². The van der Waals surface area contributed by atoms with Gasteiger partial charge >= 0.3 is 0 Å². The molecule has 18 heavy (non-hydrogen) atoms. The van der Waals surface area contributed by atoms with Gasteiger partial charge in [-0.05, 0) is 30.7 Å². The second-order valence-electron chi connectivity index (χ2n) is 4.04. The Morgan fingerprint density at radius 2 is 2.11 bits per heavy atom. The number of rotatable bonds is 7. The van der Waals surface area contributed by atoms with E-state index >= 15 is 0 Å². The highest BCUT2D eigenvalue weighted by Gasteiger charge is 1.99. The molecule has 4 heteroatoms. The first-order valence-electron chi connectivity index (χ1n) is 6.19. The Balaban J connectivity index is 1.80. The molecule has 0 spiro atoms. The monoisotopic (exact) mass is 278 g/mol. The van der Waals surface area contributed by atoms with Crippen molar-refractivity contribution in [3.63, 3.8) is 0 Å². The van der Waals surface area contributed by atoms with E-state index in [0.29, 0.717) is 0 Å². The van der Waals surface area contributed by atoms with E-state index in [0.717, 1.165) is 18.8 Å². The van der Waals surface area contributed by atoms with Crippen LogP contribution in [0.3, 0.4) is 0 Å². The van der Waals surface area contributed by atoms with Crippen molar-refractivity contribution in [3.8, 4) is 0 Å². The summed E-state index contributed by atoms with van der Waals surface area (Å²) in [5, 5.41) is 6.62. The molecule has 1 N–H and O–H groups in total. The quantitative estimate of drug-likeness (QED) is 0.613. The van der Waals surface area contributed by atoms with Gasteiger partial charge in [0.15, 0.2) is 0 Å². The number of hydrogen-bond donors (Lipinski definition) is 1. The van der Waals surface area contributed by atoms with E-state index in [2.05, 4.69) is 41.5 Å². The van der Waals surface area contributed by atoms with Crippen molar-refractivity contribution in [3.05, 3.63) is 46.4 Å². The SMILES string of the molecule is CCCNCc1ccc(SCc2nccs2)cc1. The van der Waals surface area contributed by atoms with Crippen molar-refractivity contribution in [2.45, 2.75) is 30.5 Å². The van der Waals surface area contributed by atoms with Crippen LogP contribution in [0.1, 0.15) is 23.9 Å². The highest BCUT2D eigenvalue weighted by molar-refractivity contribution is 7.98. The molecule has 0 aliphatic rings. The average molecular weight is 278 g/mol. The summed E-state index contributed by atoms with van der Waals surface area (Å²) in [5.41, 5.74) is 1.35. The summed E-state index contributed by atoms with van der Waals surface area (Å²) in [6.45, 7) is 4.23. The van der Waals surface area contributed by atoms with Gasteiger partial charge in [0.05, 0.1) is 5.75 Å². The molecular weight excluding hydrogens is 260 g/mol. The average Bonchev–Trinajstić information content (AvgIpc) is 2.91. The van der Waals surface area contributed by atoms with Crippen LogP contribution in [-0.2, 0) is 12.3 Å². The maximum absolute atomic E-state index is 4.29. The van der Waals surface area contributed by atoms with Crippen LogP contribution in [0.4, 0.5) is 0 Å². The number of aromatic nitrogens is 1. The molecule has 96 valence electrons. The second kappa shape index (κ2) is 7.56. The molecule has 0 radical (unpaired) electrons. The molecule has 0 atom stereocenters. The maximum atomic E-state index is 4.29. The predicted octanol–water partition coefficient (Wildman–Crippen LogP) is 3.94. The molecule has 2 nitrogen and oxygen atoms in total. The topological polar surface area (TPSA) is 24.9 Å². The van der Waals surface area contributed by atoms with E-state index in [1.54, 1.807) is 11.3 Å². The van der Waals surface area contributed by atoms with Gasteiger partial charge in [0, 0.05) is 23.0 Å². The maximum Gasteiger partial charge on any atom is 0.103 e. The van der Waals surface area contributed by atoms with Gasteiger partial charge in [-0.2, -0.15) is 0 Å². The van der Waals surface area contributed by atoms with Gasteiger partial charge < -0.3 is 5.32 Å². The van der Waals surface area contributed by atoms with Crippen LogP contribution in [0.15, 0.2) is 40.7 Å². The van der Waals surface area contributed by atoms with Crippen molar-refractivity contribution in [1.82, 2.24) is 10.3 Å². The van der Waals surface area contributed by atoms with Crippen molar-refractivity contribution in [1.29, 1.82) is 0 Å². The Morgan fingerprint density at radius 3 is 2.78 bits per heavy atom. The highest BCUT2D eigenvalue weighted by Crippen LogP contribution is 2.23. The predicted molar refractivity (Wildman–Crippen MR) is 80.1 cm³/mol. The molecule has 0 unspecified atom stereocenters. The molecule has 2 rings (SSSR count). The number of thioether (sulfide) groups is 1. The third-order valence-electron chi connectivity index (χ3n) is 2.53. The van der Waals surface area contributed by atoms with Crippen LogP contribution in [0.25, 0.3) is 0 Å². The number of hydrogen-bond acceptors (Lipinski definition) is 4. The Kier molecular flexibility index (Phi) is 5.71. The van der Waals surface area contributed by atoms with Gasteiger partial charge in [0.25, 0.3) is 0 Å².